The maximum Gasteiger partial charge on any atom is 0.161 e. The first-order chi connectivity index (χ1) is 7.72. The Kier molecular flexibility index (Phi) is 3.64. The average Bonchev–Trinajstić information content (AvgIpc) is 2.30. The molecule has 4 nitrogen and oxygen atoms in total. The molecular weight excluding hydrogens is 208 g/mol. The van der Waals surface area contributed by atoms with Gasteiger partial charge in [-0.2, -0.15) is 0 Å². The molecule has 6 atom stereocenters. The van der Waals surface area contributed by atoms with E-state index in [1.165, 1.54) is 0 Å². The number of rotatable bonds is 4. The van der Waals surface area contributed by atoms with Crippen LogP contribution in [0.4, 0.5) is 0 Å². The molecule has 16 heavy (non-hydrogen) atoms. The topological polar surface area (TPSA) is 58.9 Å². The van der Waals surface area contributed by atoms with Crippen LogP contribution in [0.5, 0.6) is 0 Å². The van der Waals surface area contributed by atoms with Crippen LogP contribution in [0, 0.1) is 17.8 Å². The van der Waals surface area contributed by atoms with Crippen LogP contribution >= 0.6 is 0 Å². The minimum absolute atomic E-state index is 0.0162. The van der Waals surface area contributed by atoms with Crippen molar-refractivity contribution in [1.82, 2.24) is 0 Å². The lowest BCUT2D eigenvalue weighted by Gasteiger charge is -2.52. The van der Waals surface area contributed by atoms with Crippen LogP contribution in [0.25, 0.3) is 0 Å². The normalized spacial score (nSPS) is 46.9. The maximum absolute atomic E-state index is 9.98. The highest BCUT2D eigenvalue weighted by atomic mass is 16.7. The number of aliphatic hydroxyl groups excluding tert-OH is 2. The standard InChI is InChI=1S/C12H20O4/c1-3-7-5-9-11(14)8(6-13)10(7)12(16-9)15-4-2/h3,7-14H,1,4-6H2,2H3/t7-,8+,9?,10?,11+,12+/m1/s1. The zero-order valence-corrected chi connectivity index (χ0v) is 9.58. The third kappa shape index (κ3) is 1.80. The summed E-state index contributed by atoms with van der Waals surface area (Å²) in [5.41, 5.74) is 0. The molecule has 2 bridgehead atoms. The zero-order chi connectivity index (χ0) is 11.7. The Morgan fingerprint density at radius 2 is 2.31 bits per heavy atom. The van der Waals surface area contributed by atoms with Crippen molar-refractivity contribution in [1.29, 1.82) is 0 Å². The number of hydrogen-bond donors (Lipinski definition) is 2. The van der Waals surface area contributed by atoms with Crippen molar-refractivity contribution >= 4 is 0 Å². The van der Waals surface area contributed by atoms with Gasteiger partial charge >= 0.3 is 0 Å². The number of fused-ring (bicyclic) bond motifs is 3. The summed E-state index contributed by atoms with van der Waals surface area (Å²) in [6.07, 6.45) is 1.53. The summed E-state index contributed by atoms with van der Waals surface area (Å²) in [6, 6.07) is 0. The van der Waals surface area contributed by atoms with E-state index in [4.69, 9.17) is 9.47 Å². The van der Waals surface area contributed by atoms with Gasteiger partial charge in [-0.05, 0) is 19.3 Å². The Morgan fingerprint density at radius 1 is 1.56 bits per heavy atom. The summed E-state index contributed by atoms with van der Waals surface area (Å²) in [7, 11) is 0. The zero-order valence-electron chi connectivity index (χ0n) is 9.58. The van der Waals surface area contributed by atoms with E-state index < -0.39 is 6.10 Å². The average molecular weight is 228 g/mol. The van der Waals surface area contributed by atoms with Gasteiger partial charge in [-0.1, -0.05) is 6.08 Å². The fourth-order valence-corrected chi connectivity index (χ4v) is 2.99. The summed E-state index contributed by atoms with van der Waals surface area (Å²) < 4.78 is 11.2. The van der Waals surface area contributed by atoms with E-state index in [0.29, 0.717) is 6.61 Å². The van der Waals surface area contributed by atoms with Crippen LogP contribution in [0.1, 0.15) is 13.3 Å². The van der Waals surface area contributed by atoms with Crippen molar-refractivity contribution in [2.75, 3.05) is 13.2 Å². The van der Waals surface area contributed by atoms with E-state index in [9.17, 15) is 10.2 Å². The Morgan fingerprint density at radius 3 is 2.88 bits per heavy atom. The summed E-state index contributed by atoms with van der Waals surface area (Å²) >= 11 is 0. The molecule has 2 N–H and O–H groups in total. The molecule has 2 unspecified atom stereocenters. The molecular formula is C12H20O4. The van der Waals surface area contributed by atoms with Crippen molar-refractivity contribution in [2.45, 2.75) is 31.8 Å². The number of allylic oxidation sites excluding steroid dienone is 1. The fraction of sp³-hybridized carbons (Fsp3) is 0.833. The predicted molar refractivity (Wildman–Crippen MR) is 58.7 cm³/mol. The second-order valence-electron chi connectivity index (χ2n) is 4.55. The Balaban J connectivity index is 2.20. The molecule has 0 aromatic rings. The quantitative estimate of drug-likeness (QED) is 0.689. The monoisotopic (exact) mass is 228 g/mol. The van der Waals surface area contributed by atoms with Gasteiger partial charge in [0.1, 0.15) is 0 Å². The summed E-state index contributed by atoms with van der Waals surface area (Å²) in [6.45, 7) is 6.28. The third-order valence-corrected chi connectivity index (χ3v) is 3.78. The van der Waals surface area contributed by atoms with E-state index in [2.05, 4.69) is 6.58 Å². The lowest BCUT2D eigenvalue weighted by atomic mass is 9.67. The van der Waals surface area contributed by atoms with Gasteiger partial charge in [0.15, 0.2) is 6.29 Å². The lowest BCUT2D eigenvalue weighted by molar-refractivity contribution is -0.307. The number of ether oxygens (including phenoxy) is 2. The Bertz CT molecular complexity index is 255. The molecule has 0 radical (unpaired) electrons. The highest BCUT2D eigenvalue weighted by Crippen LogP contribution is 2.45. The lowest BCUT2D eigenvalue weighted by Crippen LogP contribution is -2.60. The molecule has 92 valence electrons. The van der Waals surface area contributed by atoms with Gasteiger partial charge in [-0.15, -0.1) is 6.58 Å². The molecule has 3 fully saturated rings. The van der Waals surface area contributed by atoms with Gasteiger partial charge in [0.2, 0.25) is 0 Å². The van der Waals surface area contributed by atoms with Crippen LogP contribution in [-0.4, -0.2) is 41.9 Å². The SMILES string of the molecule is C=C[C@@H]1CC2O[C@H](OCC)C1[C@H](CO)[C@@H]2O. The van der Waals surface area contributed by atoms with Gasteiger partial charge in [0.25, 0.3) is 0 Å². The van der Waals surface area contributed by atoms with Gasteiger partial charge in [-0.3, -0.25) is 0 Å². The second-order valence-corrected chi connectivity index (χ2v) is 4.55. The molecule has 0 amide bonds. The number of hydrogen-bond acceptors (Lipinski definition) is 4. The summed E-state index contributed by atoms with van der Waals surface area (Å²) in [5.74, 6) is 0.116. The molecule has 2 heterocycles. The molecule has 2 aliphatic heterocycles. The van der Waals surface area contributed by atoms with Crippen molar-refractivity contribution in [3.63, 3.8) is 0 Å². The van der Waals surface area contributed by atoms with E-state index in [-0.39, 0.29) is 36.8 Å². The Hall–Kier alpha value is -0.420. The summed E-state index contributed by atoms with van der Waals surface area (Å²) in [5, 5.41) is 19.4. The van der Waals surface area contributed by atoms with Gasteiger partial charge in [0, 0.05) is 25.0 Å². The highest BCUT2D eigenvalue weighted by Gasteiger charge is 2.53. The molecule has 0 aromatic heterocycles. The molecule has 0 aromatic carbocycles. The molecule has 4 heteroatoms. The van der Waals surface area contributed by atoms with Crippen molar-refractivity contribution in [2.24, 2.45) is 17.8 Å². The molecule has 1 saturated carbocycles. The van der Waals surface area contributed by atoms with E-state index in [1.807, 2.05) is 13.0 Å². The minimum atomic E-state index is -0.581. The molecule has 1 aliphatic carbocycles. The molecule has 3 aliphatic rings. The third-order valence-electron chi connectivity index (χ3n) is 3.78. The van der Waals surface area contributed by atoms with Crippen molar-refractivity contribution < 1.29 is 19.7 Å². The Labute approximate surface area is 95.9 Å². The molecule has 2 saturated heterocycles. The van der Waals surface area contributed by atoms with E-state index >= 15 is 0 Å². The molecule has 0 spiro atoms. The van der Waals surface area contributed by atoms with Crippen LogP contribution in [-0.2, 0) is 9.47 Å². The fourth-order valence-electron chi connectivity index (χ4n) is 2.99. The molecule has 3 rings (SSSR count). The first kappa shape index (κ1) is 12.0. The van der Waals surface area contributed by atoms with Gasteiger partial charge in [-0.25, -0.2) is 0 Å². The van der Waals surface area contributed by atoms with Crippen LogP contribution in [0.2, 0.25) is 0 Å². The highest BCUT2D eigenvalue weighted by molar-refractivity contribution is 5.03. The largest absolute Gasteiger partial charge is 0.396 e. The van der Waals surface area contributed by atoms with Crippen molar-refractivity contribution in [3.8, 4) is 0 Å². The van der Waals surface area contributed by atoms with Gasteiger partial charge in [0.05, 0.1) is 12.2 Å². The van der Waals surface area contributed by atoms with Crippen LogP contribution in [0.3, 0.4) is 0 Å². The van der Waals surface area contributed by atoms with E-state index in [0.717, 1.165) is 6.42 Å². The van der Waals surface area contributed by atoms with Crippen molar-refractivity contribution in [3.05, 3.63) is 12.7 Å². The van der Waals surface area contributed by atoms with Gasteiger partial charge < -0.3 is 19.7 Å². The smallest absolute Gasteiger partial charge is 0.161 e. The van der Waals surface area contributed by atoms with Crippen LogP contribution < -0.4 is 0 Å². The van der Waals surface area contributed by atoms with Crippen LogP contribution in [0.15, 0.2) is 12.7 Å². The maximum atomic E-state index is 9.98. The second kappa shape index (κ2) is 4.84. The predicted octanol–water partition coefficient (Wildman–Crippen LogP) is 0.539. The first-order valence-electron chi connectivity index (χ1n) is 5.91. The number of aliphatic hydroxyl groups is 2. The minimum Gasteiger partial charge on any atom is -0.396 e. The van der Waals surface area contributed by atoms with E-state index in [1.54, 1.807) is 0 Å². The summed E-state index contributed by atoms with van der Waals surface area (Å²) in [4.78, 5) is 0. The first-order valence-corrected chi connectivity index (χ1v) is 5.91.